The fourth-order valence-electron chi connectivity index (χ4n) is 2.55. The van der Waals surface area contributed by atoms with Gasteiger partial charge in [0.05, 0.1) is 11.0 Å². The normalized spacial score (nSPS) is 11.1. The lowest BCUT2D eigenvalue weighted by molar-refractivity contribution is 0.287. The van der Waals surface area contributed by atoms with Crippen molar-refractivity contribution in [2.24, 2.45) is 0 Å². The van der Waals surface area contributed by atoms with Crippen LogP contribution in [0.1, 0.15) is 17.8 Å². The smallest absolute Gasteiger partial charge is 0.110 e. The van der Waals surface area contributed by atoms with Crippen molar-refractivity contribution >= 4 is 27.0 Å². The molecule has 108 valence electrons. The third-order valence-corrected chi connectivity index (χ3v) is 4.02. The van der Waals surface area contributed by atoms with E-state index in [-0.39, 0.29) is 6.61 Å². The Kier molecular flexibility index (Phi) is 4.36. The fraction of sp³-hybridized carbons (Fsp3) is 0.235. The first-order valence-corrected chi connectivity index (χ1v) is 7.86. The molecule has 0 bridgehead atoms. The second-order valence-electron chi connectivity index (χ2n) is 5.06. The molecule has 0 fully saturated rings. The van der Waals surface area contributed by atoms with E-state index in [1.807, 2.05) is 30.3 Å². The molecular weight excluding hydrogens is 328 g/mol. The zero-order chi connectivity index (χ0) is 14.7. The van der Waals surface area contributed by atoms with E-state index in [2.05, 4.69) is 38.7 Å². The summed E-state index contributed by atoms with van der Waals surface area (Å²) >= 11 is 3.52. The summed E-state index contributed by atoms with van der Waals surface area (Å²) in [6.45, 7) is 0.987. The standard InChI is InChI=1S/C17H17BrN2O/c18-14-6-3-5-13(11-14)12-20-16-8-2-1-7-15(16)19-17(20)9-4-10-21/h1-3,5-8,11,21H,4,9-10,12H2. The van der Waals surface area contributed by atoms with Crippen molar-refractivity contribution < 1.29 is 5.11 Å². The molecular formula is C17H17BrN2O. The van der Waals surface area contributed by atoms with Gasteiger partial charge in [-0.3, -0.25) is 0 Å². The van der Waals surface area contributed by atoms with Gasteiger partial charge in [0.1, 0.15) is 5.82 Å². The van der Waals surface area contributed by atoms with Gasteiger partial charge in [0.15, 0.2) is 0 Å². The van der Waals surface area contributed by atoms with E-state index in [1.165, 1.54) is 5.56 Å². The Labute approximate surface area is 132 Å². The van der Waals surface area contributed by atoms with E-state index < -0.39 is 0 Å². The Morgan fingerprint density at radius 1 is 1.10 bits per heavy atom. The lowest BCUT2D eigenvalue weighted by Gasteiger charge is -2.09. The molecule has 0 radical (unpaired) electrons. The predicted octanol–water partition coefficient (Wildman–Crippen LogP) is 3.77. The summed E-state index contributed by atoms with van der Waals surface area (Å²) in [6, 6.07) is 16.5. The number of fused-ring (bicyclic) bond motifs is 1. The number of benzene rings is 2. The minimum Gasteiger partial charge on any atom is -0.396 e. The molecule has 0 aliphatic heterocycles. The van der Waals surface area contributed by atoms with Crippen LogP contribution in [-0.2, 0) is 13.0 Å². The van der Waals surface area contributed by atoms with Crippen molar-refractivity contribution in [3.8, 4) is 0 Å². The zero-order valence-corrected chi connectivity index (χ0v) is 13.3. The molecule has 0 unspecified atom stereocenters. The molecule has 3 nitrogen and oxygen atoms in total. The van der Waals surface area contributed by atoms with E-state index >= 15 is 0 Å². The summed E-state index contributed by atoms with van der Waals surface area (Å²) in [5.41, 5.74) is 3.39. The van der Waals surface area contributed by atoms with Crippen molar-refractivity contribution in [2.45, 2.75) is 19.4 Å². The highest BCUT2D eigenvalue weighted by molar-refractivity contribution is 9.10. The summed E-state index contributed by atoms with van der Waals surface area (Å²) in [5, 5.41) is 9.08. The summed E-state index contributed by atoms with van der Waals surface area (Å²) in [4.78, 5) is 4.71. The molecule has 2 aromatic carbocycles. The number of hydrogen-bond acceptors (Lipinski definition) is 2. The largest absolute Gasteiger partial charge is 0.396 e. The fourth-order valence-corrected chi connectivity index (χ4v) is 2.99. The molecule has 4 heteroatoms. The van der Waals surface area contributed by atoms with Crippen molar-refractivity contribution in [1.29, 1.82) is 0 Å². The minimum atomic E-state index is 0.195. The van der Waals surface area contributed by atoms with Crippen LogP contribution in [0.15, 0.2) is 53.0 Å². The van der Waals surface area contributed by atoms with Crippen LogP contribution in [0.5, 0.6) is 0 Å². The maximum atomic E-state index is 9.08. The summed E-state index contributed by atoms with van der Waals surface area (Å²) in [6.07, 6.45) is 1.53. The molecule has 0 saturated heterocycles. The number of aliphatic hydroxyl groups is 1. The molecule has 0 amide bonds. The van der Waals surface area contributed by atoms with Crippen molar-refractivity contribution in [1.82, 2.24) is 9.55 Å². The molecule has 0 aliphatic rings. The molecule has 1 heterocycles. The molecule has 1 N–H and O–H groups in total. The Morgan fingerprint density at radius 3 is 2.76 bits per heavy atom. The number of hydrogen-bond donors (Lipinski definition) is 1. The molecule has 3 aromatic rings. The summed E-state index contributed by atoms with van der Waals surface area (Å²) in [7, 11) is 0. The number of aromatic nitrogens is 2. The average molecular weight is 345 g/mol. The van der Waals surface area contributed by atoms with E-state index in [9.17, 15) is 0 Å². The molecule has 21 heavy (non-hydrogen) atoms. The first kappa shape index (κ1) is 14.3. The summed E-state index contributed by atoms with van der Waals surface area (Å²) in [5.74, 6) is 1.03. The van der Waals surface area contributed by atoms with Gasteiger partial charge in [-0.25, -0.2) is 4.98 Å². The average Bonchev–Trinajstić information content (AvgIpc) is 2.83. The second-order valence-corrected chi connectivity index (χ2v) is 5.98. The van der Waals surface area contributed by atoms with Gasteiger partial charge in [-0.2, -0.15) is 0 Å². The highest BCUT2D eigenvalue weighted by Crippen LogP contribution is 2.20. The SMILES string of the molecule is OCCCc1nc2ccccc2n1Cc1cccc(Br)c1. The van der Waals surface area contributed by atoms with Gasteiger partial charge >= 0.3 is 0 Å². The van der Waals surface area contributed by atoms with Gasteiger partial charge in [0, 0.05) is 24.0 Å². The quantitative estimate of drug-likeness (QED) is 0.764. The van der Waals surface area contributed by atoms with E-state index in [0.717, 1.165) is 40.7 Å². The Bertz CT molecular complexity index is 751. The van der Waals surface area contributed by atoms with Crippen LogP contribution in [0.25, 0.3) is 11.0 Å². The maximum Gasteiger partial charge on any atom is 0.110 e. The van der Waals surface area contributed by atoms with Crippen LogP contribution in [0.3, 0.4) is 0 Å². The van der Waals surface area contributed by atoms with Gasteiger partial charge in [0.2, 0.25) is 0 Å². The molecule has 0 atom stereocenters. The van der Waals surface area contributed by atoms with Crippen molar-refractivity contribution in [2.75, 3.05) is 6.61 Å². The zero-order valence-electron chi connectivity index (χ0n) is 11.7. The highest BCUT2D eigenvalue weighted by atomic mass is 79.9. The number of imidazole rings is 1. The molecule has 1 aromatic heterocycles. The van der Waals surface area contributed by atoms with Crippen LogP contribution in [0.4, 0.5) is 0 Å². The number of nitrogens with zero attached hydrogens (tertiary/aromatic N) is 2. The number of aryl methyl sites for hydroxylation is 1. The topological polar surface area (TPSA) is 38.1 Å². The third-order valence-electron chi connectivity index (χ3n) is 3.52. The number of aliphatic hydroxyl groups excluding tert-OH is 1. The molecule has 0 aliphatic carbocycles. The van der Waals surface area contributed by atoms with E-state index in [4.69, 9.17) is 10.1 Å². The van der Waals surface area contributed by atoms with Gasteiger partial charge in [0.25, 0.3) is 0 Å². The van der Waals surface area contributed by atoms with Crippen LogP contribution in [0.2, 0.25) is 0 Å². The third kappa shape index (κ3) is 3.17. The number of para-hydroxylation sites is 2. The Hall–Kier alpha value is -1.65. The van der Waals surface area contributed by atoms with Crippen LogP contribution >= 0.6 is 15.9 Å². The van der Waals surface area contributed by atoms with E-state index in [0.29, 0.717) is 0 Å². The van der Waals surface area contributed by atoms with E-state index in [1.54, 1.807) is 0 Å². The molecule has 0 spiro atoms. The second kappa shape index (κ2) is 6.41. The van der Waals surface area contributed by atoms with Crippen molar-refractivity contribution in [3.63, 3.8) is 0 Å². The number of rotatable bonds is 5. The summed E-state index contributed by atoms with van der Waals surface area (Å²) < 4.78 is 3.33. The van der Waals surface area contributed by atoms with Gasteiger partial charge < -0.3 is 9.67 Å². The number of halogens is 1. The lowest BCUT2D eigenvalue weighted by Crippen LogP contribution is -2.06. The van der Waals surface area contributed by atoms with Crippen LogP contribution < -0.4 is 0 Å². The first-order chi connectivity index (χ1) is 10.3. The predicted molar refractivity (Wildman–Crippen MR) is 88.4 cm³/mol. The van der Waals surface area contributed by atoms with Crippen LogP contribution in [0, 0.1) is 0 Å². The van der Waals surface area contributed by atoms with Gasteiger partial charge in [-0.1, -0.05) is 40.2 Å². The Morgan fingerprint density at radius 2 is 1.95 bits per heavy atom. The molecule has 0 saturated carbocycles. The van der Waals surface area contributed by atoms with Crippen molar-refractivity contribution in [3.05, 3.63) is 64.4 Å². The van der Waals surface area contributed by atoms with Gasteiger partial charge in [-0.05, 0) is 36.2 Å². The maximum absolute atomic E-state index is 9.08. The Balaban J connectivity index is 2.02. The monoisotopic (exact) mass is 344 g/mol. The van der Waals surface area contributed by atoms with Crippen LogP contribution in [-0.4, -0.2) is 21.3 Å². The minimum absolute atomic E-state index is 0.195. The molecule has 3 rings (SSSR count). The van der Waals surface area contributed by atoms with Gasteiger partial charge in [-0.15, -0.1) is 0 Å². The highest BCUT2D eigenvalue weighted by Gasteiger charge is 2.10. The first-order valence-electron chi connectivity index (χ1n) is 7.07. The lowest BCUT2D eigenvalue weighted by atomic mass is 10.2.